The average Bonchev–Trinajstić information content (AvgIpc) is 3.12. The molecule has 2 aromatic carbocycles. The Balaban J connectivity index is 1.58. The number of benzene rings is 2. The van der Waals surface area contributed by atoms with Gasteiger partial charge >= 0.3 is 12.0 Å². The molecule has 150 valence electrons. The Labute approximate surface area is 172 Å². The van der Waals surface area contributed by atoms with Crippen LogP contribution in [0.4, 0.5) is 10.5 Å². The molecule has 8 heteroatoms. The molecule has 2 aliphatic rings. The van der Waals surface area contributed by atoms with Crippen molar-refractivity contribution in [1.29, 1.82) is 5.26 Å². The number of ether oxygens (including phenoxy) is 1. The fraction of sp³-hybridized carbons (Fsp3) is 0.182. The Morgan fingerprint density at radius 2 is 2.03 bits per heavy atom. The zero-order valence-corrected chi connectivity index (χ0v) is 16.1. The van der Waals surface area contributed by atoms with E-state index in [4.69, 9.17) is 10.00 Å². The van der Waals surface area contributed by atoms with E-state index in [1.54, 1.807) is 18.2 Å². The Kier molecular flexibility index (Phi) is 4.94. The summed E-state index contributed by atoms with van der Waals surface area (Å²) in [6, 6.07) is 14.8. The van der Waals surface area contributed by atoms with Crippen molar-refractivity contribution in [3.05, 3.63) is 76.5 Å². The van der Waals surface area contributed by atoms with Crippen molar-refractivity contribution in [3.63, 3.8) is 0 Å². The first kappa shape index (κ1) is 19.2. The lowest BCUT2D eigenvalue weighted by Crippen LogP contribution is -2.49. The van der Waals surface area contributed by atoms with E-state index in [-0.39, 0.29) is 13.2 Å². The number of amides is 3. The van der Waals surface area contributed by atoms with Crippen LogP contribution in [0.5, 0.6) is 0 Å². The predicted octanol–water partition coefficient (Wildman–Crippen LogP) is 2.38. The van der Waals surface area contributed by atoms with Gasteiger partial charge in [-0.05, 0) is 30.7 Å². The fourth-order valence-electron chi connectivity index (χ4n) is 3.50. The highest BCUT2D eigenvalue weighted by Crippen LogP contribution is 2.35. The van der Waals surface area contributed by atoms with Crippen LogP contribution in [0.3, 0.4) is 0 Å². The summed E-state index contributed by atoms with van der Waals surface area (Å²) < 4.78 is 5.17. The van der Waals surface area contributed by atoms with E-state index in [1.807, 2.05) is 37.3 Å². The second kappa shape index (κ2) is 7.72. The molecule has 4 rings (SSSR count). The van der Waals surface area contributed by atoms with Crippen molar-refractivity contribution in [2.45, 2.75) is 13.0 Å². The molecule has 0 fully saturated rings. The van der Waals surface area contributed by atoms with Crippen LogP contribution in [-0.4, -0.2) is 36.0 Å². The maximum atomic E-state index is 12.8. The monoisotopic (exact) mass is 402 g/mol. The van der Waals surface area contributed by atoms with Crippen molar-refractivity contribution < 1.29 is 19.1 Å². The molecule has 0 bridgehead atoms. The maximum absolute atomic E-state index is 12.8. The molecule has 3 amide bonds. The minimum atomic E-state index is -0.630. The number of nitriles is 1. The highest BCUT2D eigenvalue weighted by atomic mass is 16.5. The molecule has 0 saturated carbocycles. The molecule has 0 spiro atoms. The van der Waals surface area contributed by atoms with Crippen LogP contribution in [0.15, 0.2) is 59.8 Å². The smallest absolute Gasteiger partial charge is 0.338 e. The molecule has 0 unspecified atom stereocenters. The summed E-state index contributed by atoms with van der Waals surface area (Å²) in [5.41, 5.74) is 3.39. The summed E-state index contributed by atoms with van der Waals surface area (Å²) in [5.74, 6) is -0.970. The highest BCUT2D eigenvalue weighted by molar-refractivity contribution is 6.00. The molecule has 2 heterocycles. The van der Waals surface area contributed by atoms with E-state index >= 15 is 0 Å². The van der Waals surface area contributed by atoms with Gasteiger partial charge in [0, 0.05) is 5.69 Å². The van der Waals surface area contributed by atoms with Crippen LogP contribution in [-0.2, 0) is 14.3 Å². The van der Waals surface area contributed by atoms with E-state index in [2.05, 4.69) is 10.6 Å². The van der Waals surface area contributed by atoms with Gasteiger partial charge in [0.05, 0.1) is 28.9 Å². The van der Waals surface area contributed by atoms with Crippen molar-refractivity contribution >= 4 is 23.6 Å². The lowest BCUT2D eigenvalue weighted by molar-refractivity contribution is -0.136. The van der Waals surface area contributed by atoms with Crippen LogP contribution in [0, 0.1) is 18.3 Å². The van der Waals surface area contributed by atoms with E-state index in [0.717, 1.165) is 11.1 Å². The fourth-order valence-corrected chi connectivity index (χ4v) is 3.50. The van der Waals surface area contributed by atoms with Crippen LogP contribution in [0.2, 0.25) is 0 Å². The Bertz CT molecular complexity index is 1110. The summed E-state index contributed by atoms with van der Waals surface area (Å²) >= 11 is 0. The second-order valence-corrected chi connectivity index (χ2v) is 7.06. The normalized spacial score (nSPS) is 17.7. The van der Waals surface area contributed by atoms with E-state index in [0.29, 0.717) is 22.5 Å². The summed E-state index contributed by atoms with van der Waals surface area (Å²) in [7, 11) is 0. The van der Waals surface area contributed by atoms with Crippen LogP contribution >= 0.6 is 0 Å². The third-order valence-corrected chi connectivity index (χ3v) is 4.99. The number of aryl methyl sites for hydroxylation is 1. The van der Waals surface area contributed by atoms with E-state index < -0.39 is 23.9 Å². The second-order valence-electron chi connectivity index (χ2n) is 7.06. The van der Waals surface area contributed by atoms with Crippen molar-refractivity contribution in [3.8, 4) is 6.07 Å². The lowest BCUT2D eigenvalue weighted by Gasteiger charge is -2.32. The Morgan fingerprint density at radius 3 is 2.77 bits per heavy atom. The van der Waals surface area contributed by atoms with Gasteiger partial charge in [-0.15, -0.1) is 0 Å². The largest absolute Gasteiger partial charge is 0.456 e. The molecule has 2 aromatic rings. The molecule has 1 atom stereocenters. The van der Waals surface area contributed by atoms with E-state index in [9.17, 15) is 14.4 Å². The van der Waals surface area contributed by atoms with Crippen molar-refractivity contribution in [1.82, 2.24) is 10.2 Å². The average molecular weight is 402 g/mol. The van der Waals surface area contributed by atoms with Crippen LogP contribution in [0.1, 0.15) is 22.7 Å². The minimum absolute atomic E-state index is 0.0683. The first-order valence-electron chi connectivity index (χ1n) is 9.31. The van der Waals surface area contributed by atoms with Crippen LogP contribution < -0.4 is 10.6 Å². The van der Waals surface area contributed by atoms with Crippen LogP contribution in [0.25, 0.3) is 0 Å². The number of carbonyl (C=O) groups excluding carboxylic acids is 3. The van der Waals surface area contributed by atoms with Gasteiger partial charge in [-0.1, -0.05) is 35.9 Å². The number of urea groups is 1. The molecule has 8 nitrogen and oxygen atoms in total. The topological polar surface area (TPSA) is 112 Å². The maximum Gasteiger partial charge on any atom is 0.338 e. The molecule has 0 aliphatic carbocycles. The molecule has 0 radical (unpaired) electrons. The van der Waals surface area contributed by atoms with Crippen molar-refractivity contribution in [2.75, 3.05) is 18.5 Å². The Morgan fingerprint density at radius 1 is 1.27 bits per heavy atom. The summed E-state index contributed by atoms with van der Waals surface area (Å²) in [6.45, 7) is 1.59. The summed E-state index contributed by atoms with van der Waals surface area (Å²) in [4.78, 5) is 38.9. The number of esters is 1. The minimum Gasteiger partial charge on any atom is -0.456 e. The third-order valence-electron chi connectivity index (χ3n) is 4.99. The van der Waals surface area contributed by atoms with Crippen molar-refractivity contribution in [2.24, 2.45) is 0 Å². The van der Waals surface area contributed by atoms with Gasteiger partial charge in [-0.3, -0.25) is 9.69 Å². The highest BCUT2D eigenvalue weighted by Gasteiger charge is 2.42. The zero-order valence-electron chi connectivity index (χ0n) is 16.1. The predicted molar refractivity (Wildman–Crippen MR) is 107 cm³/mol. The van der Waals surface area contributed by atoms with Gasteiger partial charge < -0.3 is 15.4 Å². The van der Waals surface area contributed by atoms with Gasteiger partial charge in [0.25, 0.3) is 0 Å². The number of hydrogen-bond donors (Lipinski definition) is 2. The number of hydrogen-bond acceptors (Lipinski definition) is 5. The number of nitrogens with one attached hydrogen (secondary N) is 2. The first-order valence-corrected chi connectivity index (χ1v) is 9.31. The SMILES string of the molecule is Cc1ccc([C@H]2NC(=O)N(CC(=O)Nc3cccc(C#N)c3)C3=C2C(=O)OC3)cc1. The van der Waals surface area contributed by atoms with Gasteiger partial charge in [0.2, 0.25) is 5.91 Å². The molecule has 30 heavy (non-hydrogen) atoms. The number of rotatable bonds is 4. The molecular weight excluding hydrogens is 384 g/mol. The number of carbonyl (C=O) groups is 3. The number of anilines is 1. The molecule has 2 N–H and O–H groups in total. The van der Waals surface area contributed by atoms with Gasteiger partial charge in [0.15, 0.2) is 0 Å². The lowest BCUT2D eigenvalue weighted by atomic mass is 9.95. The standard InChI is InChI=1S/C22H18N4O4/c1-13-5-7-15(8-6-13)20-19-17(12-30-21(19)28)26(22(29)25-20)11-18(27)24-16-4-2-3-14(9-16)10-23/h2-9,20H,11-12H2,1H3,(H,24,27)(H,25,29)/t20-/m1/s1. The quantitative estimate of drug-likeness (QED) is 0.763. The third kappa shape index (κ3) is 3.61. The molecule has 2 aliphatic heterocycles. The summed E-state index contributed by atoms with van der Waals surface area (Å²) in [6.07, 6.45) is 0. The van der Waals surface area contributed by atoms with Gasteiger partial charge in [-0.2, -0.15) is 5.26 Å². The van der Waals surface area contributed by atoms with Gasteiger partial charge in [-0.25, -0.2) is 9.59 Å². The number of cyclic esters (lactones) is 1. The zero-order chi connectivity index (χ0) is 21.3. The summed E-state index contributed by atoms with van der Waals surface area (Å²) in [5, 5.41) is 14.4. The molecule has 0 aromatic heterocycles. The molecule has 0 saturated heterocycles. The van der Waals surface area contributed by atoms with E-state index in [1.165, 1.54) is 11.0 Å². The Hall–Kier alpha value is -4.12. The first-order chi connectivity index (χ1) is 14.5. The van der Waals surface area contributed by atoms with Gasteiger partial charge in [0.1, 0.15) is 13.2 Å². The molecular formula is C22H18N4O4. The number of nitrogens with zero attached hydrogens (tertiary/aromatic N) is 2.